The molecule has 2 aromatic carbocycles. The highest BCUT2D eigenvalue weighted by atomic mass is 35.5. The second-order valence-corrected chi connectivity index (χ2v) is 12.1. The molecule has 1 aliphatic heterocycles. The minimum Gasteiger partial charge on any atom is -0.484 e. The lowest BCUT2D eigenvalue weighted by molar-refractivity contribution is -0.242. The molecule has 2 aromatic rings. The summed E-state index contributed by atoms with van der Waals surface area (Å²) in [6.07, 6.45) is -6.79. The van der Waals surface area contributed by atoms with Crippen LogP contribution in [0.25, 0.3) is 0 Å². The minimum atomic E-state index is -4.85. The Morgan fingerprint density at radius 2 is 1.93 bits per heavy atom. The Labute approximate surface area is 237 Å². The van der Waals surface area contributed by atoms with Gasteiger partial charge in [-0.2, -0.15) is 18.4 Å². The van der Waals surface area contributed by atoms with Crippen LogP contribution in [0.5, 0.6) is 5.75 Å². The molecule has 0 saturated heterocycles. The number of hydrogen-bond acceptors (Lipinski definition) is 7. The summed E-state index contributed by atoms with van der Waals surface area (Å²) in [5, 5.41) is 13.3. The Morgan fingerprint density at radius 1 is 1.22 bits per heavy atom. The van der Waals surface area contributed by atoms with Gasteiger partial charge in [0.25, 0.3) is 10.0 Å². The third-order valence-electron chi connectivity index (χ3n) is 6.44. The van der Waals surface area contributed by atoms with Gasteiger partial charge in [-0.1, -0.05) is 11.6 Å². The lowest BCUT2D eigenvalue weighted by atomic mass is 10.1. The maximum atomic E-state index is 13.8. The molecule has 220 valence electrons. The van der Waals surface area contributed by atoms with Crippen LogP contribution in [-0.4, -0.2) is 51.4 Å². The van der Waals surface area contributed by atoms with E-state index in [1.807, 2.05) is 6.07 Å². The van der Waals surface area contributed by atoms with E-state index in [4.69, 9.17) is 21.6 Å². The Balaban J connectivity index is 1.62. The number of carbonyl (C=O) groups excluding carboxylic acids is 2. The third-order valence-corrected chi connectivity index (χ3v) is 8.51. The molecule has 0 radical (unpaired) electrons. The summed E-state index contributed by atoms with van der Waals surface area (Å²) in [5.41, 5.74) is -3.03. The highest BCUT2D eigenvalue weighted by Gasteiger charge is 2.51. The number of ether oxygens (including phenoxy) is 2. The molecule has 0 unspecified atom stereocenters. The average Bonchev–Trinajstić information content (AvgIpc) is 3.67. The quantitative estimate of drug-likeness (QED) is 0.433. The number of fused-ring (bicyclic) bond motifs is 1. The fraction of sp³-hybridized carbons (Fsp3) is 0.400. The van der Waals surface area contributed by atoms with Crippen molar-refractivity contribution in [2.45, 2.75) is 43.0 Å². The van der Waals surface area contributed by atoms with Crippen LogP contribution in [0.15, 0.2) is 41.3 Å². The standard InChI is InChI=1S/C25H23ClF4N4O6S/c1-24(2,25(28,29)30)40-23(36)33-14-3-6-21-20(8-14)34(41(37,38)16-4-5-19(27)18(26)9-16)12-15(39-21)11-32-22(35)17-7-13(17)10-31/h3-6,8-9,13,15,17H,7,11-12H2,1-2H3,(H,32,35)(H,33,36)/t13-,15+,17-/m1/s1. The summed E-state index contributed by atoms with van der Waals surface area (Å²) in [6.45, 7) is 0.851. The number of alkyl halides is 3. The van der Waals surface area contributed by atoms with Gasteiger partial charge in [0, 0.05) is 5.69 Å². The van der Waals surface area contributed by atoms with Crippen LogP contribution in [0.3, 0.4) is 0 Å². The molecule has 2 aliphatic rings. The van der Waals surface area contributed by atoms with E-state index in [2.05, 4.69) is 15.4 Å². The summed E-state index contributed by atoms with van der Waals surface area (Å²) in [4.78, 5) is 24.2. The predicted octanol–water partition coefficient (Wildman–Crippen LogP) is 4.60. The first-order chi connectivity index (χ1) is 19.0. The highest BCUT2D eigenvalue weighted by molar-refractivity contribution is 7.92. The van der Waals surface area contributed by atoms with E-state index in [1.54, 1.807) is 0 Å². The number of amides is 2. The van der Waals surface area contributed by atoms with E-state index in [0.717, 1.165) is 28.6 Å². The largest absolute Gasteiger partial charge is 0.484 e. The Morgan fingerprint density at radius 3 is 2.54 bits per heavy atom. The Hall–Kier alpha value is -3.77. The molecular weight excluding hydrogens is 596 g/mol. The van der Waals surface area contributed by atoms with Crippen molar-refractivity contribution in [2.24, 2.45) is 11.8 Å². The normalized spacial score (nSPS) is 20.2. The number of halogens is 5. The fourth-order valence-electron chi connectivity index (χ4n) is 3.89. The number of nitrogens with zero attached hydrogens (tertiary/aromatic N) is 2. The first-order valence-corrected chi connectivity index (χ1v) is 13.9. The summed E-state index contributed by atoms with van der Waals surface area (Å²) in [7, 11) is -4.44. The molecule has 1 fully saturated rings. The molecule has 0 bridgehead atoms. The zero-order chi connectivity index (χ0) is 30.3. The molecule has 1 saturated carbocycles. The predicted molar refractivity (Wildman–Crippen MR) is 137 cm³/mol. The molecule has 1 aliphatic carbocycles. The summed E-state index contributed by atoms with van der Waals surface area (Å²) in [6, 6.07) is 8.45. The molecule has 3 atom stereocenters. The van der Waals surface area contributed by atoms with Gasteiger partial charge in [0.1, 0.15) is 17.7 Å². The molecule has 41 heavy (non-hydrogen) atoms. The van der Waals surface area contributed by atoms with E-state index in [9.17, 15) is 35.6 Å². The number of carbonyl (C=O) groups is 2. The van der Waals surface area contributed by atoms with Gasteiger partial charge >= 0.3 is 12.3 Å². The number of hydrogen-bond donors (Lipinski definition) is 2. The van der Waals surface area contributed by atoms with Gasteiger partial charge in [0.05, 0.1) is 46.6 Å². The second kappa shape index (κ2) is 10.9. The molecule has 4 rings (SSSR count). The van der Waals surface area contributed by atoms with Crippen LogP contribution in [-0.2, 0) is 19.6 Å². The van der Waals surface area contributed by atoms with Crippen molar-refractivity contribution in [3.63, 3.8) is 0 Å². The van der Waals surface area contributed by atoms with Crippen molar-refractivity contribution in [3.05, 3.63) is 47.2 Å². The van der Waals surface area contributed by atoms with Crippen molar-refractivity contribution >= 4 is 45.0 Å². The van der Waals surface area contributed by atoms with Gasteiger partial charge < -0.3 is 14.8 Å². The third kappa shape index (κ3) is 6.43. The van der Waals surface area contributed by atoms with E-state index in [-0.39, 0.29) is 46.9 Å². The molecule has 16 heteroatoms. The van der Waals surface area contributed by atoms with E-state index < -0.39 is 50.8 Å². The van der Waals surface area contributed by atoms with Crippen molar-refractivity contribution in [1.82, 2.24) is 5.32 Å². The van der Waals surface area contributed by atoms with Crippen molar-refractivity contribution in [2.75, 3.05) is 22.7 Å². The van der Waals surface area contributed by atoms with Gasteiger partial charge in [-0.15, -0.1) is 0 Å². The van der Waals surface area contributed by atoms with E-state index in [0.29, 0.717) is 20.3 Å². The monoisotopic (exact) mass is 618 g/mol. The number of anilines is 2. The van der Waals surface area contributed by atoms with Gasteiger partial charge in [-0.05, 0) is 56.7 Å². The summed E-state index contributed by atoms with van der Waals surface area (Å²) in [5.74, 6) is -2.08. The van der Waals surface area contributed by atoms with Gasteiger partial charge in [0.2, 0.25) is 11.5 Å². The van der Waals surface area contributed by atoms with Crippen LogP contribution in [0.4, 0.5) is 33.7 Å². The van der Waals surface area contributed by atoms with Gasteiger partial charge in [-0.25, -0.2) is 17.6 Å². The first kappa shape index (κ1) is 30.2. The maximum absolute atomic E-state index is 13.8. The van der Waals surface area contributed by atoms with E-state index in [1.165, 1.54) is 12.1 Å². The molecule has 1 heterocycles. The lowest BCUT2D eigenvalue weighted by Gasteiger charge is -2.36. The second-order valence-electron chi connectivity index (χ2n) is 9.88. The van der Waals surface area contributed by atoms with Crippen molar-refractivity contribution in [1.29, 1.82) is 5.26 Å². The number of benzene rings is 2. The number of nitrogens with one attached hydrogen (secondary N) is 2. The number of rotatable bonds is 7. The SMILES string of the molecule is CC(C)(OC(=O)Nc1ccc2c(c1)N(S(=O)(=O)c1ccc(F)c(Cl)c1)C[C@H](CNC(=O)[C@@H]1C[C@@H]1C#N)O2)C(F)(F)F. The highest BCUT2D eigenvalue weighted by Crippen LogP contribution is 2.40. The molecule has 0 spiro atoms. The number of sulfonamides is 1. The minimum absolute atomic E-state index is 0.00291. The lowest BCUT2D eigenvalue weighted by Crippen LogP contribution is -2.48. The molecule has 0 aromatic heterocycles. The molecular formula is C25H23ClF4N4O6S. The molecule has 2 N–H and O–H groups in total. The van der Waals surface area contributed by atoms with Crippen LogP contribution in [0, 0.1) is 29.0 Å². The maximum Gasteiger partial charge on any atom is 0.427 e. The van der Waals surface area contributed by atoms with Crippen LogP contribution >= 0.6 is 11.6 Å². The number of nitriles is 1. The van der Waals surface area contributed by atoms with E-state index >= 15 is 0 Å². The van der Waals surface area contributed by atoms with Gasteiger partial charge in [-0.3, -0.25) is 14.4 Å². The van der Waals surface area contributed by atoms with Crippen LogP contribution < -0.4 is 19.7 Å². The Kier molecular flexibility index (Phi) is 8.03. The van der Waals surface area contributed by atoms with Crippen molar-refractivity contribution < 1.29 is 45.0 Å². The average molecular weight is 619 g/mol. The van der Waals surface area contributed by atoms with Gasteiger partial charge in [0.15, 0.2) is 0 Å². The molecule has 2 amide bonds. The van der Waals surface area contributed by atoms with Crippen molar-refractivity contribution in [3.8, 4) is 11.8 Å². The van der Waals surface area contributed by atoms with Crippen LogP contribution in [0.2, 0.25) is 5.02 Å². The first-order valence-electron chi connectivity index (χ1n) is 12.1. The smallest absolute Gasteiger partial charge is 0.427 e. The zero-order valence-electron chi connectivity index (χ0n) is 21.5. The fourth-order valence-corrected chi connectivity index (χ4v) is 5.66. The Bertz CT molecular complexity index is 1530. The zero-order valence-corrected chi connectivity index (χ0v) is 23.0. The van der Waals surface area contributed by atoms with Crippen LogP contribution in [0.1, 0.15) is 20.3 Å². The summed E-state index contributed by atoms with van der Waals surface area (Å²) >= 11 is 5.80. The molecule has 10 nitrogen and oxygen atoms in total. The summed E-state index contributed by atoms with van der Waals surface area (Å²) < 4.78 is 91.7. The topological polar surface area (TPSA) is 138 Å².